The molecule has 0 aliphatic carbocycles. The van der Waals surface area contributed by atoms with Gasteiger partial charge >= 0.3 is 0 Å². The first-order valence-electron chi connectivity index (χ1n) is 5.85. The summed E-state index contributed by atoms with van der Waals surface area (Å²) < 4.78 is 0. The van der Waals surface area contributed by atoms with Gasteiger partial charge in [0.15, 0.2) is 5.60 Å². The molecule has 1 amide bonds. The van der Waals surface area contributed by atoms with Crippen LogP contribution in [-0.2, 0) is 9.63 Å². The molecule has 1 fully saturated rings. The molecule has 2 heterocycles. The molecule has 2 rings (SSSR count). The van der Waals surface area contributed by atoms with Crippen molar-refractivity contribution in [1.82, 2.24) is 10.6 Å². The van der Waals surface area contributed by atoms with Gasteiger partial charge in [0.1, 0.15) is 5.71 Å². The molecule has 2 aliphatic heterocycles. The Morgan fingerprint density at radius 1 is 1.65 bits per heavy atom. The Kier molecular flexibility index (Phi) is 4.77. The molecule has 1 saturated heterocycles. The van der Waals surface area contributed by atoms with E-state index in [1.54, 1.807) is 0 Å². The van der Waals surface area contributed by atoms with Crippen LogP contribution in [0.2, 0.25) is 0 Å². The summed E-state index contributed by atoms with van der Waals surface area (Å²) in [6.07, 6.45) is 1.56. The van der Waals surface area contributed by atoms with Gasteiger partial charge in [-0.2, -0.15) is 0 Å². The minimum Gasteiger partial charge on any atom is -0.387 e. The first kappa shape index (κ1) is 14.3. The van der Waals surface area contributed by atoms with Crippen molar-refractivity contribution in [3.63, 3.8) is 0 Å². The molecule has 0 aromatic carbocycles. The number of nitrogens with one attached hydrogen (secondary N) is 2. The number of carbonyl (C=O) groups excluding carboxylic acids is 1. The number of amides is 1. The molecule has 0 aromatic rings. The number of halogens is 1. The first-order valence-corrected chi connectivity index (χ1v) is 5.85. The predicted octanol–water partition coefficient (Wildman–Crippen LogP) is 0.689. The fraction of sp³-hybridized carbons (Fsp3) is 0.818. The number of hydrogen-bond donors (Lipinski definition) is 2. The number of nitrogens with zero attached hydrogens (tertiary/aromatic N) is 1. The average Bonchev–Trinajstić information content (AvgIpc) is 2.86. The Hall–Kier alpha value is -0.810. The minimum atomic E-state index is -0.246. The molecule has 17 heavy (non-hydrogen) atoms. The summed E-state index contributed by atoms with van der Waals surface area (Å²) in [5, 5.41) is 10.0. The van der Waals surface area contributed by atoms with Crippen LogP contribution in [0.1, 0.15) is 26.7 Å². The van der Waals surface area contributed by atoms with Crippen LogP contribution in [0.15, 0.2) is 5.16 Å². The molecule has 6 heteroatoms. The lowest BCUT2D eigenvalue weighted by atomic mass is 9.96. The van der Waals surface area contributed by atoms with Gasteiger partial charge in [-0.3, -0.25) is 4.79 Å². The third kappa shape index (κ3) is 3.33. The topological polar surface area (TPSA) is 62.7 Å². The highest BCUT2D eigenvalue weighted by molar-refractivity contribution is 6.39. The quantitative estimate of drug-likeness (QED) is 0.786. The molecule has 98 valence electrons. The van der Waals surface area contributed by atoms with E-state index in [9.17, 15) is 4.79 Å². The lowest BCUT2D eigenvalue weighted by Gasteiger charge is -2.18. The zero-order valence-electron chi connectivity index (χ0n) is 10.3. The maximum atomic E-state index is 11.7. The Morgan fingerprint density at radius 2 is 2.41 bits per heavy atom. The number of rotatable bonds is 3. The molecule has 5 nitrogen and oxygen atoms in total. The van der Waals surface area contributed by atoms with Crippen molar-refractivity contribution in [2.24, 2.45) is 11.1 Å². The fourth-order valence-corrected chi connectivity index (χ4v) is 1.99. The van der Waals surface area contributed by atoms with Gasteiger partial charge in [-0.15, -0.1) is 12.4 Å². The fourth-order valence-electron chi connectivity index (χ4n) is 1.99. The van der Waals surface area contributed by atoms with E-state index in [4.69, 9.17) is 4.84 Å². The van der Waals surface area contributed by atoms with Gasteiger partial charge in [0.2, 0.25) is 0 Å². The lowest BCUT2D eigenvalue weighted by Crippen LogP contribution is -2.37. The van der Waals surface area contributed by atoms with E-state index in [2.05, 4.69) is 29.6 Å². The van der Waals surface area contributed by atoms with Crippen molar-refractivity contribution in [3.05, 3.63) is 0 Å². The number of carbonyl (C=O) groups is 1. The van der Waals surface area contributed by atoms with Crippen molar-refractivity contribution in [2.75, 3.05) is 19.6 Å². The Balaban J connectivity index is 0.00000144. The second-order valence-electron chi connectivity index (χ2n) is 5.02. The van der Waals surface area contributed by atoms with Crippen molar-refractivity contribution in [3.8, 4) is 0 Å². The zero-order valence-corrected chi connectivity index (χ0v) is 11.1. The van der Waals surface area contributed by atoms with Crippen LogP contribution in [-0.4, -0.2) is 36.9 Å². The lowest BCUT2D eigenvalue weighted by molar-refractivity contribution is -0.115. The third-order valence-corrected chi connectivity index (χ3v) is 2.98. The monoisotopic (exact) mass is 261 g/mol. The highest BCUT2D eigenvalue weighted by Gasteiger charge is 2.43. The van der Waals surface area contributed by atoms with Crippen LogP contribution in [0.3, 0.4) is 0 Å². The summed E-state index contributed by atoms with van der Waals surface area (Å²) in [6, 6.07) is 0. The largest absolute Gasteiger partial charge is 0.387 e. The van der Waals surface area contributed by atoms with Crippen molar-refractivity contribution >= 4 is 24.0 Å². The summed E-state index contributed by atoms with van der Waals surface area (Å²) in [7, 11) is 0. The molecule has 1 unspecified atom stereocenters. The Bertz CT molecular complexity index is 312. The maximum absolute atomic E-state index is 11.7. The molecular weight excluding hydrogens is 242 g/mol. The molecule has 0 radical (unpaired) electrons. The maximum Gasteiger partial charge on any atom is 0.269 e. The van der Waals surface area contributed by atoms with E-state index < -0.39 is 0 Å². The van der Waals surface area contributed by atoms with Crippen LogP contribution in [0.25, 0.3) is 0 Å². The highest BCUT2D eigenvalue weighted by atomic mass is 35.5. The van der Waals surface area contributed by atoms with E-state index in [1.165, 1.54) is 0 Å². The summed E-state index contributed by atoms with van der Waals surface area (Å²) in [5.41, 5.74) is 0.286. The summed E-state index contributed by atoms with van der Waals surface area (Å²) in [5.74, 6) is 0.367. The smallest absolute Gasteiger partial charge is 0.269 e. The second kappa shape index (κ2) is 5.69. The molecule has 0 bridgehead atoms. The van der Waals surface area contributed by atoms with E-state index in [0.29, 0.717) is 24.6 Å². The Morgan fingerprint density at radius 3 is 3.00 bits per heavy atom. The Labute approximate surface area is 108 Å². The standard InChI is InChI=1S/C11H19N3O2.ClH/c1-8(2)6-13-10(15)9-5-11(16-14-9)3-4-12-7-11;/h8,12H,3-7H2,1-2H3,(H,13,15);1H. The molecule has 1 atom stereocenters. The summed E-state index contributed by atoms with van der Waals surface area (Å²) in [6.45, 7) is 6.54. The number of oxime groups is 1. The van der Waals surface area contributed by atoms with Crippen LogP contribution in [0, 0.1) is 5.92 Å². The SMILES string of the molecule is CC(C)CNC(=O)C1=NOC2(CCNC2)C1.Cl. The molecule has 2 N–H and O–H groups in total. The van der Waals surface area contributed by atoms with Gasteiger partial charge in [0, 0.05) is 25.9 Å². The molecule has 0 saturated carbocycles. The summed E-state index contributed by atoms with van der Waals surface area (Å²) >= 11 is 0. The predicted molar refractivity (Wildman–Crippen MR) is 68.5 cm³/mol. The van der Waals surface area contributed by atoms with E-state index >= 15 is 0 Å². The highest BCUT2D eigenvalue weighted by Crippen LogP contribution is 2.29. The molecule has 2 aliphatic rings. The first-order chi connectivity index (χ1) is 7.61. The van der Waals surface area contributed by atoms with Crippen LogP contribution >= 0.6 is 12.4 Å². The van der Waals surface area contributed by atoms with Crippen LogP contribution in [0.4, 0.5) is 0 Å². The van der Waals surface area contributed by atoms with E-state index in [-0.39, 0.29) is 23.9 Å². The van der Waals surface area contributed by atoms with Gasteiger partial charge in [0.25, 0.3) is 5.91 Å². The minimum absolute atomic E-state index is 0. The van der Waals surface area contributed by atoms with Crippen LogP contribution in [0.5, 0.6) is 0 Å². The molecule has 1 spiro atoms. The van der Waals surface area contributed by atoms with Crippen molar-refractivity contribution < 1.29 is 9.63 Å². The number of hydrogen-bond acceptors (Lipinski definition) is 4. The van der Waals surface area contributed by atoms with Gasteiger partial charge in [0.05, 0.1) is 0 Å². The van der Waals surface area contributed by atoms with Crippen molar-refractivity contribution in [2.45, 2.75) is 32.3 Å². The van der Waals surface area contributed by atoms with Gasteiger partial charge in [-0.25, -0.2) is 0 Å². The van der Waals surface area contributed by atoms with E-state index in [1.807, 2.05) is 0 Å². The third-order valence-electron chi connectivity index (χ3n) is 2.98. The van der Waals surface area contributed by atoms with E-state index in [0.717, 1.165) is 19.5 Å². The summed E-state index contributed by atoms with van der Waals surface area (Å²) in [4.78, 5) is 17.2. The molecular formula is C11H20ClN3O2. The van der Waals surface area contributed by atoms with Gasteiger partial charge in [-0.1, -0.05) is 19.0 Å². The molecule has 0 aromatic heterocycles. The zero-order chi connectivity index (χ0) is 11.6. The average molecular weight is 262 g/mol. The second-order valence-corrected chi connectivity index (χ2v) is 5.02. The van der Waals surface area contributed by atoms with Crippen molar-refractivity contribution in [1.29, 1.82) is 0 Å². The van der Waals surface area contributed by atoms with Gasteiger partial charge in [-0.05, 0) is 12.5 Å². The van der Waals surface area contributed by atoms with Crippen LogP contribution < -0.4 is 10.6 Å². The van der Waals surface area contributed by atoms with Gasteiger partial charge < -0.3 is 15.5 Å². The normalized spacial score (nSPS) is 26.6.